The Kier molecular flexibility index (Phi) is 11.0. The number of anilines is 3. The maximum atomic E-state index is 14.7. The zero-order valence-electron chi connectivity index (χ0n) is 45.2. The molecule has 5 aliphatic rings. The second kappa shape index (κ2) is 18.1. The number of fused-ring (bicyclic) bond motifs is 3. The summed E-state index contributed by atoms with van der Waals surface area (Å²) in [5.74, 6) is -6.84. The number of aryl methyl sites for hydroxylation is 1. The van der Waals surface area contributed by atoms with E-state index in [0.29, 0.717) is 9.80 Å². The molecule has 0 bridgehead atoms. The lowest BCUT2D eigenvalue weighted by molar-refractivity contribution is 0.0647. The van der Waals surface area contributed by atoms with E-state index in [2.05, 4.69) is 48.5 Å². The molecule has 0 fully saturated rings. The first-order valence-electron chi connectivity index (χ1n) is 26.9. The van der Waals surface area contributed by atoms with Crippen molar-refractivity contribution < 1.29 is 64.3 Å². The first kappa shape index (κ1) is 52.9. The third kappa shape index (κ3) is 7.14. The molecule has 422 valence electrons. The number of amides is 8. The number of benzene rings is 10. The Balaban J connectivity index is 0.765. The van der Waals surface area contributed by atoms with E-state index in [9.17, 15) is 64.3 Å². The summed E-state index contributed by atoms with van der Waals surface area (Å²) in [6.07, 6.45) is 0. The molecule has 0 spiro atoms. The lowest BCUT2D eigenvalue weighted by Gasteiger charge is -2.35. The van der Waals surface area contributed by atoms with Crippen molar-refractivity contribution in [1.29, 1.82) is 0 Å². The number of carbonyl (C=O) groups is 8. The lowest BCUT2D eigenvalue weighted by Crippen LogP contribution is -2.43. The van der Waals surface area contributed by atoms with Crippen LogP contribution in [0.15, 0.2) is 192 Å². The number of imide groups is 4. The summed E-state index contributed by atoms with van der Waals surface area (Å²) < 4.78 is 74.8. The largest absolute Gasteiger partial charge is 0.295 e. The number of rotatable bonds is 8. The molecule has 87 heavy (non-hydrogen) atoms. The van der Waals surface area contributed by atoms with Crippen LogP contribution in [0.25, 0.3) is 43.8 Å². The van der Waals surface area contributed by atoms with E-state index >= 15 is 0 Å². The van der Waals surface area contributed by atoms with Gasteiger partial charge >= 0.3 is 0 Å². The van der Waals surface area contributed by atoms with Gasteiger partial charge in [-0.2, -0.15) is 16.8 Å². The molecule has 0 unspecified atom stereocenters. The van der Waals surface area contributed by atoms with Crippen LogP contribution in [0.4, 0.5) is 17.1 Å². The monoisotopic (exact) mass is 1190 g/mol. The Labute approximate surface area is 493 Å². The third-order valence-electron chi connectivity index (χ3n) is 17.3. The molecule has 0 saturated carbocycles. The van der Waals surface area contributed by atoms with E-state index in [1.54, 1.807) is 12.1 Å². The van der Waals surface area contributed by atoms with Crippen molar-refractivity contribution in [2.75, 3.05) is 21.7 Å². The van der Waals surface area contributed by atoms with Crippen LogP contribution in [-0.2, 0) is 25.7 Å². The van der Waals surface area contributed by atoms with Crippen LogP contribution < -0.4 is 14.7 Å². The number of carbonyl (C=O) groups excluding carboxylic acids is 8. The smallest absolute Gasteiger partial charge is 0.282 e. The van der Waals surface area contributed by atoms with Crippen LogP contribution in [0.2, 0.25) is 0 Å². The number of hydrogen-bond acceptors (Lipinski definition) is 12. The van der Waals surface area contributed by atoms with Gasteiger partial charge in [0.1, 0.15) is 9.79 Å². The van der Waals surface area contributed by atoms with Crippen molar-refractivity contribution in [2.45, 2.75) is 22.1 Å². The Morgan fingerprint density at radius 3 is 0.931 bits per heavy atom. The van der Waals surface area contributed by atoms with Gasteiger partial charge in [-0.3, -0.25) is 52.4 Å². The fraction of sp³-hybridized carbons (Fsp3) is 0.0448. The molecule has 0 aromatic heterocycles. The molecular formula is C67H38N4O14S2. The van der Waals surface area contributed by atoms with Crippen molar-refractivity contribution in [3.05, 3.63) is 254 Å². The summed E-state index contributed by atoms with van der Waals surface area (Å²) in [7, 11) is -9.56. The van der Waals surface area contributed by atoms with E-state index < -0.39 is 105 Å². The maximum Gasteiger partial charge on any atom is 0.295 e. The van der Waals surface area contributed by atoms with E-state index in [1.807, 2.05) is 43.3 Å². The standard InChI is InChI=1S/C67H38N4O14S2/c1-33-11-13-34(14-12-33)67(51-9-5-3-7-39(51)40-8-4-6-10-52(40)67)35-15-17-36(18-16-35)69-61(74)45-27-29-49-58-50(30-28-46(57(45)58)62(69)75)66(79)71(65(49)78)38-20-22-42(54(32-38)87(83,84)85)41-21-19-37(31-53(41)86(80,81)82)70-63(76)47-25-23-43-55-44(60(73)68(2)59(43)72)24-26-48(56(47)55)64(70)77/h3-32H,1-2H3,(H,80,81,82)(H,83,84,85). The van der Waals surface area contributed by atoms with E-state index in [-0.39, 0.29) is 71.7 Å². The molecule has 4 heterocycles. The highest BCUT2D eigenvalue weighted by molar-refractivity contribution is 7.86. The molecule has 0 radical (unpaired) electrons. The van der Waals surface area contributed by atoms with Crippen LogP contribution in [0.5, 0.6) is 0 Å². The van der Waals surface area contributed by atoms with Crippen LogP contribution in [0.3, 0.4) is 0 Å². The summed E-state index contributed by atoms with van der Waals surface area (Å²) in [5, 5.41) is 0.131. The molecule has 20 heteroatoms. The first-order valence-corrected chi connectivity index (χ1v) is 29.8. The highest BCUT2D eigenvalue weighted by atomic mass is 32.2. The van der Waals surface area contributed by atoms with Crippen molar-refractivity contribution in [3.8, 4) is 22.3 Å². The van der Waals surface area contributed by atoms with Crippen LogP contribution >= 0.6 is 0 Å². The Morgan fingerprint density at radius 1 is 0.322 bits per heavy atom. The van der Waals surface area contributed by atoms with Crippen LogP contribution in [0, 0.1) is 6.92 Å². The normalized spacial score (nSPS) is 15.7. The minimum absolute atomic E-state index is 0.0106. The maximum absolute atomic E-state index is 14.7. The molecule has 15 rings (SSSR count). The number of nitrogens with zero attached hydrogens (tertiary/aromatic N) is 4. The fourth-order valence-electron chi connectivity index (χ4n) is 13.4. The van der Waals surface area contributed by atoms with Gasteiger partial charge in [-0.15, -0.1) is 0 Å². The first-order chi connectivity index (χ1) is 41.6. The number of hydrogen-bond donors (Lipinski definition) is 2. The summed E-state index contributed by atoms with van der Waals surface area (Å²) >= 11 is 0. The van der Waals surface area contributed by atoms with Gasteiger partial charge in [0.2, 0.25) is 0 Å². The van der Waals surface area contributed by atoms with Crippen molar-refractivity contribution in [1.82, 2.24) is 4.90 Å². The van der Waals surface area contributed by atoms with Gasteiger partial charge in [-0.05, 0) is 125 Å². The van der Waals surface area contributed by atoms with Gasteiger partial charge in [0, 0.05) is 84.2 Å². The molecule has 2 N–H and O–H groups in total. The molecule has 4 aliphatic heterocycles. The minimum atomic E-state index is -5.43. The third-order valence-corrected chi connectivity index (χ3v) is 19.1. The second-order valence-electron chi connectivity index (χ2n) is 21.7. The highest BCUT2D eigenvalue weighted by Crippen LogP contribution is 2.56. The van der Waals surface area contributed by atoms with Gasteiger partial charge < -0.3 is 0 Å². The van der Waals surface area contributed by atoms with Crippen LogP contribution in [-0.4, -0.2) is 85.1 Å². The predicted octanol–water partition coefficient (Wildman–Crippen LogP) is 10.5. The molecule has 1 aliphatic carbocycles. The van der Waals surface area contributed by atoms with Gasteiger partial charge in [0.25, 0.3) is 67.5 Å². The molecule has 18 nitrogen and oxygen atoms in total. The molecule has 10 aromatic rings. The molecule has 10 aromatic carbocycles. The van der Waals surface area contributed by atoms with E-state index in [1.165, 1.54) is 55.6 Å². The summed E-state index contributed by atoms with van der Waals surface area (Å²) in [6, 6.07) is 48.1. The quantitative estimate of drug-likeness (QED) is 0.106. The van der Waals surface area contributed by atoms with Gasteiger partial charge in [-0.1, -0.05) is 103 Å². The van der Waals surface area contributed by atoms with Gasteiger partial charge in [-0.25, -0.2) is 14.7 Å². The molecule has 8 amide bonds. The second-order valence-corrected chi connectivity index (χ2v) is 24.5. The van der Waals surface area contributed by atoms with Gasteiger partial charge in [0.15, 0.2) is 0 Å². The average Bonchev–Trinajstić information content (AvgIpc) is 1.72. The topological polar surface area (TPSA) is 258 Å². The zero-order valence-corrected chi connectivity index (χ0v) is 46.9. The molecule has 0 saturated heterocycles. The summed E-state index contributed by atoms with van der Waals surface area (Å²) in [4.78, 5) is 115. The summed E-state index contributed by atoms with van der Waals surface area (Å²) in [5.41, 5.74) is 4.38. The van der Waals surface area contributed by atoms with E-state index in [4.69, 9.17) is 0 Å². The average molecular weight is 1190 g/mol. The summed E-state index contributed by atoms with van der Waals surface area (Å²) in [6.45, 7) is 2.02. The Bertz CT molecular complexity index is 5080. The Morgan fingerprint density at radius 2 is 0.598 bits per heavy atom. The van der Waals surface area contributed by atoms with Crippen molar-refractivity contribution in [2.24, 2.45) is 0 Å². The molecule has 0 atom stereocenters. The minimum Gasteiger partial charge on any atom is -0.282 e. The molecular weight excluding hydrogens is 1150 g/mol. The zero-order chi connectivity index (χ0) is 60.7. The Hall–Kier alpha value is -10.9. The van der Waals surface area contributed by atoms with Crippen molar-refractivity contribution >= 4 is 106 Å². The van der Waals surface area contributed by atoms with E-state index in [0.717, 1.165) is 85.1 Å². The lowest BCUT2D eigenvalue weighted by atomic mass is 9.67. The van der Waals surface area contributed by atoms with Crippen LogP contribution in [0.1, 0.15) is 111 Å². The predicted molar refractivity (Wildman–Crippen MR) is 318 cm³/mol. The highest BCUT2D eigenvalue weighted by Gasteiger charge is 2.47. The fourth-order valence-corrected chi connectivity index (χ4v) is 14.9. The SMILES string of the molecule is Cc1ccc(C2(c3ccc(N4C(=O)c5ccc6c7c(ccc(c57)C4=O)C(=O)N(c4ccc(-c5ccc(N7C(=O)c8ccc9c%10c(ccc(c8%10)C7=O)C(=O)N(C)C9=O)cc5S(=O)(=O)O)c(S(=O)(=O)O)c4)C6=O)cc3)c3ccccc3-c3ccccc32)cc1. The van der Waals surface area contributed by atoms with Crippen molar-refractivity contribution in [3.63, 3.8) is 0 Å². The van der Waals surface area contributed by atoms with Gasteiger partial charge in [0.05, 0.1) is 22.5 Å².